The molecule has 0 radical (unpaired) electrons. The molecular formula is C15H14Br2O2. The second kappa shape index (κ2) is 7.56. The molecule has 0 amide bonds. The smallest absolute Gasteiger partial charge is 0.122 e. The van der Waals surface area contributed by atoms with Crippen LogP contribution in [0.3, 0.4) is 0 Å². The molecule has 0 aliphatic carbocycles. The van der Waals surface area contributed by atoms with Gasteiger partial charge in [-0.1, -0.05) is 50.1 Å². The number of ether oxygens (including phenoxy) is 2. The van der Waals surface area contributed by atoms with Crippen LogP contribution in [0.5, 0.6) is 11.5 Å². The summed E-state index contributed by atoms with van der Waals surface area (Å²) in [6.45, 7) is 1.06. The van der Waals surface area contributed by atoms with Gasteiger partial charge < -0.3 is 9.47 Å². The molecule has 2 aromatic rings. The zero-order valence-corrected chi connectivity index (χ0v) is 13.5. The maximum atomic E-state index is 5.66. The minimum atomic E-state index is 0.526. The maximum absolute atomic E-state index is 5.66. The molecule has 0 saturated carbocycles. The quantitative estimate of drug-likeness (QED) is 0.525. The van der Waals surface area contributed by atoms with Gasteiger partial charge in [0.1, 0.15) is 24.7 Å². The molecule has 2 aromatic carbocycles. The highest BCUT2D eigenvalue weighted by molar-refractivity contribution is 9.10. The highest BCUT2D eigenvalue weighted by atomic mass is 79.9. The van der Waals surface area contributed by atoms with E-state index in [9.17, 15) is 0 Å². The zero-order chi connectivity index (χ0) is 13.5. The molecule has 2 nitrogen and oxygen atoms in total. The zero-order valence-electron chi connectivity index (χ0n) is 10.3. The van der Waals surface area contributed by atoms with Gasteiger partial charge in [0.15, 0.2) is 0 Å². The molecule has 0 N–H and O–H groups in total. The maximum Gasteiger partial charge on any atom is 0.122 e. The fraction of sp³-hybridized carbons (Fsp3) is 0.200. The Bertz CT molecular complexity index is 515. The van der Waals surface area contributed by atoms with E-state index in [-0.39, 0.29) is 0 Å². The first-order valence-electron chi connectivity index (χ1n) is 5.94. The lowest BCUT2D eigenvalue weighted by Gasteiger charge is -2.09. The van der Waals surface area contributed by atoms with Crippen LogP contribution in [-0.2, 0) is 5.33 Å². The van der Waals surface area contributed by atoms with Crippen molar-refractivity contribution in [2.75, 3.05) is 13.2 Å². The minimum Gasteiger partial charge on any atom is -0.490 e. The van der Waals surface area contributed by atoms with E-state index in [1.54, 1.807) is 0 Å². The molecule has 0 bridgehead atoms. The highest BCUT2D eigenvalue weighted by Crippen LogP contribution is 2.24. The molecule has 0 heterocycles. The molecule has 2 rings (SSSR count). The first-order chi connectivity index (χ1) is 9.29. The average molecular weight is 386 g/mol. The van der Waals surface area contributed by atoms with Crippen LogP contribution < -0.4 is 9.47 Å². The van der Waals surface area contributed by atoms with Gasteiger partial charge in [-0.3, -0.25) is 0 Å². The predicted molar refractivity (Wildman–Crippen MR) is 84.2 cm³/mol. The van der Waals surface area contributed by atoms with Crippen LogP contribution in [0.4, 0.5) is 0 Å². The molecule has 4 heteroatoms. The SMILES string of the molecule is BrCc1cc(OCCOc2ccccc2)ccc1Br. The van der Waals surface area contributed by atoms with E-state index in [1.165, 1.54) is 5.56 Å². The van der Waals surface area contributed by atoms with Gasteiger partial charge in [0.05, 0.1) is 0 Å². The molecule has 0 aliphatic heterocycles. The Morgan fingerprint density at radius 3 is 2.21 bits per heavy atom. The van der Waals surface area contributed by atoms with Crippen molar-refractivity contribution >= 4 is 31.9 Å². The third-order valence-electron chi connectivity index (χ3n) is 2.53. The summed E-state index contributed by atoms with van der Waals surface area (Å²) < 4.78 is 12.3. The molecule has 0 aliphatic rings. The van der Waals surface area contributed by atoms with E-state index >= 15 is 0 Å². The average Bonchev–Trinajstić information content (AvgIpc) is 2.46. The molecule has 0 spiro atoms. The second-order valence-corrected chi connectivity index (χ2v) is 5.31. The largest absolute Gasteiger partial charge is 0.490 e. The van der Waals surface area contributed by atoms with Crippen molar-refractivity contribution in [2.24, 2.45) is 0 Å². The summed E-state index contributed by atoms with van der Waals surface area (Å²) >= 11 is 6.94. The number of halogens is 2. The fourth-order valence-corrected chi connectivity index (χ4v) is 2.81. The summed E-state index contributed by atoms with van der Waals surface area (Å²) in [7, 11) is 0. The van der Waals surface area contributed by atoms with E-state index < -0.39 is 0 Å². The third kappa shape index (κ3) is 4.55. The Balaban J connectivity index is 1.80. The second-order valence-electron chi connectivity index (χ2n) is 3.90. The number of para-hydroxylation sites is 1. The lowest BCUT2D eigenvalue weighted by atomic mass is 10.2. The van der Waals surface area contributed by atoms with Crippen molar-refractivity contribution in [2.45, 2.75) is 5.33 Å². The Kier molecular flexibility index (Phi) is 5.73. The van der Waals surface area contributed by atoms with Crippen LogP contribution in [0.15, 0.2) is 53.0 Å². The Morgan fingerprint density at radius 1 is 0.842 bits per heavy atom. The molecule has 100 valence electrons. The summed E-state index contributed by atoms with van der Waals surface area (Å²) in [5, 5.41) is 0.797. The number of alkyl halides is 1. The first kappa shape index (κ1) is 14.4. The topological polar surface area (TPSA) is 18.5 Å². The standard InChI is InChI=1S/C15H14Br2O2/c16-11-12-10-14(6-7-15(12)17)19-9-8-18-13-4-2-1-3-5-13/h1-7,10H,8-9,11H2. The highest BCUT2D eigenvalue weighted by Gasteiger charge is 2.01. The van der Waals surface area contributed by atoms with Crippen molar-refractivity contribution in [3.8, 4) is 11.5 Å². The van der Waals surface area contributed by atoms with Crippen molar-refractivity contribution in [3.05, 3.63) is 58.6 Å². The fourth-order valence-electron chi connectivity index (χ4n) is 1.58. The van der Waals surface area contributed by atoms with Gasteiger partial charge in [-0.15, -0.1) is 0 Å². The van der Waals surface area contributed by atoms with E-state index in [2.05, 4.69) is 31.9 Å². The monoisotopic (exact) mass is 384 g/mol. The van der Waals surface area contributed by atoms with Crippen molar-refractivity contribution in [1.82, 2.24) is 0 Å². The normalized spacial score (nSPS) is 10.2. The number of benzene rings is 2. The lowest BCUT2D eigenvalue weighted by Crippen LogP contribution is -2.09. The molecular weight excluding hydrogens is 372 g/mol. The minimum absolute atomic E-state index is 0.526. The Labute approximate surface area is 130 Å². The van der Waals surface area contributed by atoms with E-state index in [1.807, 2.05) is 48.5 Å². The molecule has 0 unspecified atom stereocenters. The van der Waals surface area contributed by atoms with Crippen molar-refractivity contribution in [3.63, 3.8) is 0 Å². The van der Waals surface area contributed by atoms with Gasteiger partial charge in [-0.2, -0.15) is 0 Å². The van der Waals surface area contributed by atoms with Gasteiger partial charge in [0.2, 0.25) is 0 Å². The molecule has 0 atom stereocenters. The van der Waals surface area contributed by atoms with Crippen LogP contribution in [0.25, 0.3) is 0 Å². The van der Waals surface area contributed by atoms with Gasteiger partial charge in [0.25, 0.3) is 0 Å². The first-order valence-corrected chi connectivity index (χ1v) is 7.86. The van der Waals surface area contributed by atoms with Crippen LogP contribution in [0.2, 0.25) is 0 Å². The summed E-state index contributed by atoms with van der Waals surface area (Å²) in [6, 6.07) is 15.7. The molecule has 0 saturated heterocycles. The van der Waals surface area contributed by atoms with Gasteiger partial charge >= 0.3 is 0 Å². The van der Waals surface area contributed by atoms with Crippen molar-refractivity contribution in [1.29, 1.82) is 0 Å². The number of hydrogen-bond donors (Lipinski definition) is 0. The van der Waals surface area contributed by atoms with Gasteiger partial charge in [-0.25, -0.2) is 0 Å². The number of hydrogen-bond acceptors (Lipinski definition) is 2. The Morgan fingerprint density at radius 2 is 1.53 bits per heavy atom. The van der Waals surface area contributed by atoms with Gasteiger partial charge in [0, 0.05) is 9.80 Å². The van der Waals surface area contributed by atoms with E-state index in [4.69, 9.17) is 9.47 Å². The predicted octanol–water partition coefficient (Wildman–Crippen LogP) is 4.80. The van der Waals surface area contributed by atoms with E-state index in [0.29, 0.717) is 13.2 Å². The van der Waals surface area contributed by atoms with Crippen LogP contribution in [-0.4, -0.2) is 13.2 Å². The summed E-state index contributed by atoms with van der Waals surface area (Å²) in [4.78, 5) is 0. The molecule has 0 fully saturated rings. The molecule has 19 heavy (non-hydrogen) atoms. The molecule has 0 aromatic heterocycles. The Hall–Kier alpha value is -1.00. The van der Waals surface area contributed by atoms with Gasteiger partial charge in [-0.05, 0) is 35.9 Å². The summed E-state index contributed by atoms with van der Waals surface area (Å²) in [5.74, 6) is 1.72. The van der Waals surface area contributed by atoms with Crippen LogP contribution in [0.1, 0.15) is 5.56 Å². The third-order valence-corrected chi connectivity index (χ3v) is 3.90. The van der Waals surface area contributed by atoms with Crippen LogP contribution in [0, 0.1) is 0 Å². The summed E-state index contributed by atoms with van der Waals surface area (Å²) in [5.41, 5.74) is 1.17. The number of rotatable bonds is 6. The summed E-state index contributed by atoms with van der Waals surface area (Å²) in [6.07, 6.45) is 0. The lowest BCUT2D eigenvalue weighted by molar-refractivity contribution is 0.217. The van der Waals surface area contributed by atoms with E-state index in [0.717, 1.165) is 21.3 Å². The van der Waals surface area contributed by atoms with Crippen LogP contribution >= 0.6 is 31.9 Å². The van der Waals surface area contributed by atoms with Crippen molar-refractivity contribution < 1.29 is 9.47 Å².